The fourth-order valence-electron chi connectivity index (χ4n) is 6.05. The van der Waals surface area contributed by atoms with Crippen LogP contribution in [0.4, 0.5) is 32.4 Å². The van der Waals surface area contributed by atoms with E-state index in [1.165, 1.54) is 23.5 Å². The fraction of sp³-hybridized carbons (Fsp3) is 0.440. The van der Waals surface area contributed by atoms with Crippen molar-refractivity contribution in [1.29, 1.82) is 0 Å². The number of ether oxygens (including phenoxy) is 1. The molecule has 200 valence electrons. The minimum Gasteiger partial charge on any atom is -0.470 e. The molecule has 3 aromatic heterocycles. The fourth-order valence-corrected chi connectivity index (χ4v) is 6.05. The number of nitrogens with zero attached hydrogens (tertiary/aromatic N) is 5. The topological polar surface area (TPSA) is 87.2 Å². The Kier molecular flexibility index (Phi) is 5.09. The van der Waals surface area contributed by atoms with Crippen molar-refractivity contribution in [3.63, 3.8) is 0 Å². The van der Waals surface area contributed by atoms with Crippen molar-refractivity contribution in [2.45, 2.75) is 62.3 Å². The van der Waals surface area contributed by atoms with Gasteiger partial charge in [-0.05, 0) is 37.8 Å². The number of aromatic nitrogens is 4. The number of urea groups is 1. The molecule has 13 heteroatoms. The minimum atomic E-state index is -4.59. The maximum atomic E-state index is 13.9. The second-order valence-corrected chi connectivity index (χ2v) is 10.4. The van der Waals surface area contributed by atoms with Crippen LogP contribution in [0.25, 0.3) is 11.0 Å². The van der Waals surface area contributed by atoms with Gasteiger partial charge in [-0.15, -0.1) is 0 Å². The van der Waals surface area contributed by atoms with Gasteiger partial charge in [-0.1, -0.05) is 6.58 Å². The number of hydrogen-bond acceptors (Lipinski definition) is 5. The third-order valence-electron chi connectivity index (χ3n) is 7.83. The molecule has 3 aliphatic rings. The van der Waals surface area contributed by atoms with Crippen molar-refractivity contribution in [2.24, 2.45) is 0 Å². The molecule has 2 saturated carbocycles. The minimum absolute atomic E-state index is 0.0430. The molecular weight excluding hydrogens is 511 g/mol. The highest BCUT2D eigenvalue weighted by molar-refractivity contribution is 5.97. The summed E-state index contributed by atoms with van der Waals surface area (Å²) in [5, 5.41) is 0.340. The second kappa shape index (κ2) is 7.87. The molecule has 0 radical (unpaired) electrons. The summed E-state index contributed by atoms with van der Waals surface area (Å²) in [4.78, 5) is 30.9. The number of amides is 2. The average Bonchev–Trinajstić information content (AvgIpc) is 3.59. The quantitative estimate of drug-likeness (QED) is 0.420. The molecule has 0 atom stereocenters. The number of rotatable bonds is 5. The van der Waals surface area contributed by atoms with Gasteiger partial charge in [0, 0.05) is 25.2 Å². The smallest absolute Gasteiger partial charge is 0.417 e. The SMILES string of the molecule is C=C1CN(c2cncc(C(F)(F)F)c2)C(=O)N1C12CCC(Oc3ncnc4[nH]c(C(C)(F)F)cc34)(CC1)C2. The van der Waals surface area contributed by atoms with E-state index < -0.39 is 34.8 Å². The number of aromatic amines is 1. The van der Waals surface area contributed by atoms with Crippen LogP contribution in [0.15, 0.2) is 43.1 Å². The summed E-state index contributed by atoms with van der Waals surface area (Å²) in [5.41, 5.74) is -1.78. The summed E-state index contributed by atoms with van der Waals surface area (Å²) in [6.45, 7) is 4.87. The zero-order valence-electron chi connectivity index (χ0n) is 20.3. The van der Waals surface area contributed by atoms with Crippen molar-refractivity contribution < 1.29 is 31.5 Å². The second-order valence-electron chi connectivity index (χ2n) is 10.4. The van der Waals surface area contributed by atoms with Crippen LogP contribution in [0, 0.1) is 0 Å². The Morgan fingerprint density at radius 2 is 1.82 bits per heavy atom. The van der Waals surface area contributed by atoms with E-state index in [0.29, 0.717) is 49.4 Å². The molecule has 1 saturated heterocycles. The van der Waals surface area contributed by atoms with Gasteiger partial charge >= 0.3 is 12.2 Å². The lowest BCUT2D eigenvalue weighted by molar-refractivity contribution is -0.137. The van der Waals surface area contributed by atoms with Gasteiger partial charge in [-0.3, -0.25) is 14.8 Å². The maximum absolute atomic E-state index is 13.9. The lowest BCUT2D eigenvalue weighted by Gasteiger charge is -2.36. The number of carbonyl (C=O) groups is 1. The van der Waals surface area contributed by atoms with Gasteiger partial charge in [0.15, 0.2) is 0 Å². The molecule has 1 aliphatic heterocycles. The monoisotopic (exact) mass is 534 g/mol. The van der Waals surface area contributed by atoms with E-state index >= 15 is 0 Å². The zero-order chi connectivity index (χ0) is 27.1. The molecule has 0 unspecified atom stereocenters. The molecule has 0 spiro atoms. The van der Waals surface area contributed by atoms with E-state index in [9.17, 15) is 26.7 Å². The Morgan fingerprint density at radius 1 is 1.08 bits per heavy atom. The number of H-pyrrole nitrogens is 1. The Hall–Kier alpha value is -3.77. The Morgan fingerprint density at radius 3 is 2.50 bits per heavy atom. The molecule has 3 aromatic rings. The van der Waals surface area contributed by atoms with Crippen LogP contribution < -0.4 is 9.64 Å². The molecule has 1 N–H and O–H groups in total. The van der Waals surface area contributed by atoms with Crippen molar-refractivity contribution in [3.8, 4) is 5.88 Å². The van der Waals surface area contributed by atoms with Crippen LogP contribution in [0.1, 0.15) is 50.3 Å². The summed E-state index contributed by atoms with van der Waals surface area (Å²) in [5.74, 6) is -2.91. The lowest BCUT2D eigenvalue weighted by atomic mass is 9.91. The van der Waals surface area contributed by atoms with E-state index in [0.717, 1.165) is 13.0 Å². The highest BCUT2D eigenvalue weighted by atomic mass is 19.4. The van der Waals surface area contributed by atoms with Crippen molar-refractivity contribution in [3.05, 3.63) is 54.4 Å². The number of halogens is 5. The van der Waals surface area contributed by atoms with E-state index in [2.05, 4.69) is 26.5 Å². The van der Waals surface area contributed by atoms with Crippen LogP contribution in [0.3, 0.4) is 0 Å². The van der Waals surface area contributed by atoms with Gasteiger partial charge in [0.2, 0.25) is 5.88 Å². The van der Waals surface area contributed by atoms with Crippen molar-refractivity contribution in [2.75, 3.05) is 11.4 Å². The third kappa shape index (κ3) is 3.78. The van der Waals surface area contributed by atoms with E-state index in [1.54, 1.807) is 4.90 Å². The number of hydrogen-bond donors (Lipinski definition) is 1. The molecular formula is C25H23F5N6O2. The molecule has 38 heavy (non-hydrogen) atoms. The number of nitrogens with one attached hydrogen (secondary N) is 1. The van der Waals surface area contributed by atoms with E-state index in [4.69, 9.17) is 4.74 Å². The standard InChI is InChI=1S/C25H23F5N6O2/c1-14-11-35(16-7-15(9-31-10-16)25(28,29)30)21(37)36(14)23-3-5-24(12-23,6-4-23)38-20-17-8-18(22(2,26)27)34-19(17)32-13-33-20/h7-10,13H,1,3-6,11-12H2,2H3,(H,32,33,34). The van der Waals surface area contributed by atoms with Crippen LogP contribution in [-0.2, 0) is 12.1 Å². The first kappa shape index (κ1) is 24.6. The van der Waals surface area contributed by atoms with Gasteiger partial charge in [0.25, 0.3) is 5.92 Å². The van der Waals surface area contributed by atoms with Gasteiger partial charge < -0.3 is 9.72 Å². The van der Waals surface area contributed by atoms with Crippen molar-refractivity contribution >= 4 is 22.8 Å². The Bertz CT molecular complexity index is 1450. The normalized spacial score (nSPS) is 25.7. The van der Waals surface area contributed by atoms with Gasteiger partial charge in [-0.2, -0.15) is 13.2 Å². The molecule has 0 aromatic carbocycles. The number of pyridine rings is 1. The first-order valence-electron chi connectivity index (χ1n) is 12.0. The summed E-state index contributed by atoms with van der Waals surface area (Å²) in [6.07, 6.45) is 1.40. The summed E-state index contributed by atoms with van der Waals surface area (Å²) in [6, 6.07) is 1.73. The van der Waals surface area contributed by atoms with Crippen LogP contribution in [0.5, 0.6) is 5.88 Å². The van der Waals surface area contributed by atoms with Crippen LogP contribution in [-0.4, -0.2) is 48.6 Å². The lowest BCUT2D eigenvalue weighted by Crippen LogP contribution is -2.47. The van der Waals surface area contributed by atoms with Gasteiger partial charge in [-0.25, -0.2) is 23.5 Å². The number of fused-ring (bicyclic) bond motifs is 3. The van der Waals surface area contributed by atoms with Gasteiger partial charge in [0.1, 0.15) is 17.6 Å². The maximum Gasteiger partial charge on any atom is 0.417 e. The molecule has 4 heterocycles. The molecule has 2 bridgehead atoms. The van der Waals surface area contributed by atoms with Crippen molar-refractivity contribution in [1.82, 2.24) is 24.8 Å². The Balaban J connectivity index is 1.26. The predicted molar refractivity (Wildman–Crippen MR) is 126 cm³/mol. The summed E-state index contributed by atoms with van der Waals surface area (Å²) in [7, 11) is 0. The van der Waals surface area contributed by atoms with Crippen LogP contribution >= 0.6 is 0 Å². The van der Waals surface area contributed by atoms with Crippen LogP contribution in [0.2, 0.25) is 0 Å². The number of alkyl halides is 5. The Labute approximate surface area is 213 Å². The molecule has 2 amide bonds. The first-order chi connectivity index (χ1) is 17.8. The highest BCUT2D eigenvalue weighted by Gasteiger charge is 2.62. The molecule has 8 nitrogen and oxygen atoms in total. The predicted octanol–water partition coefficient (Wildman–Crippen LogP) is 5.77. The average molecular weight is 534 g/mol. The molecule has 6 rings (SSSR count). The van der Waals surface area contributed by atoms with E-state index in [-0.39, 0.29) is 29.5 Å². The summed E-state index contributed by atoms with van der Waals surface area (Å²) < 4.78 is 73.8. The summed E-state index contributed by atoms with van der Waals surface area (Å²) >= 11 is 0. The number of carbonyl (C=O) groups excluding carboxylic acids is 1. The molecule has 2 aliphatic carbocycles. The highest BCUT2D eigenvalue weighted by Crippen LogP contribution is 2.57. The third-order valence-corrected chi connectivity index (χ3v) is 7.83. The molecule has 3 fully saturated rings. The number of anilines is 1. The zero-order valence-corrected chi connectivity index (χ0v) is 20.3. The largest absolute Gasteiger partial charge is 0.470 e. The van der Waals surface area contributed by atoms with E-state index in [1.807, 2.05) is 0 Å². The first-order valence-corrected chi connectivity index (χ1v) is 12.0. The van der Waals surface area contributed by atoms with Gasteiger partial charge in [0.05, 0.1) is 40.6 Å².